The quantitative estimate of drug-likeness (QED) is 0.235. The molecule has 0 amide bonds. The number of rotatable bonds is 3. The van der Waals surface area contributed by atoms with E-state index < -0.39 is 0 Å². The van der Waals surface area contributed by atoms with E-state index in [-0.39, 0.29) is 29.1 Å². The first-order chi connectivity index (χ1) is 23.5. The highest BCUT2D eigenvalue weighted by molar-refractivity contribution is 6.29. The fourth-order valence-corrected chi connectivity index (χ4v) is 4.35. The summed E-state index contributed by atoms with van der Waals surface area (Å²) in [6, 6.07) is 29.1. The van der Waals surface area contributed by atoms with Crippen molar-refractivity contribution in [3.05, 3.63) is 180 Å². The molecule has 50 heavy (non-hydrogen) atoms. The lowest BCUT2D eigenvalue weighted by molar-refractivity contribution is 0.914. The second-order valence-corrected chi connectivity index (χ2v) is 10.5. The minimum atomic E-state index is -0.163. The van der Waals surface area contributed by atoms with Crippen LogP contribution in [0.4, 0.5) is 0 Å². The highest BCUT2D eigenvalue weighted by Gasteiger charge is 2.04. The minimum absolute atomic E-state index is 0. The Morgan fingerprint density at radius 3 is 1.64 bits per heavy atom. The summed E-state index contributed by atoms with van der Waals surface area (Å²) in [5.74, 6) is 1.09. The highest BCUT2D eigenvalue weighted by atomic mass is 35.5. The number of aromatic amines is 1. The van der Waals surface area contributed by atoms with Crippen LogP contribution in [0.3, 0.4) is 0 Å². The molecule has 0 atom stereocenters. The number of aromatic nitrogens is 6. The van der Waals surface area contributed by atoms with Gasteiger partial charge in [-0.2, -0.15) is 10.5 Å². The second kappa shape index (κ2) is 20.2. The van der Waals surface area contributed by atoms with Crippen LogP contribution in [0, 0.1) is 43.4 Å². The number of nitrogens with two attached hydrogens (primary N) is 1. The average molecular weight is 711 g/mol. The van der Waals surface area contributed by atoms with Crippen molar-refractivity contribution in [2.24, 2.45) is 5.73 Å². The van der Waals surface area contributed by atoms with Crippen molar-refractivity contribution in [3.63, 3.8) is 0 Å². The number of hydrogen-bond donors (Lipinski definition) is 2. The van der Waals surface area contributed by atoms with E-state index in [1.165, 1.54) is 33.4 Å². The van der Waals surface area contributed by atoms with Crippen LogP contribution in [0.1, 0.15) is 33.8 Å². The number of nitriles is 2. The third-order valence-corrected chi connectivity index (χ3v) is 6.37. The third kappa shape index (κ3) is 12.8. The normalized spacial score (nSPS) is 9.42. The molecule has 0 saturated heterocycles. The van der Waals surface area contributed by atoms with Crippen molar-refractivity contribution < 1.29 is 0 Å². The van der Waals surface area contributed by atoms with Gasteiger partial charge in [0.1, 0.15) is 16.8 Å². The Hall–Kier alpha value is -6.18. The maximum absolute atomic E-state index is 11.6. The molecule has 6 heterocycles. The topological polar surface area (TPSA) is 189 Å². The molecular formula is C36H33Cl2N9O3. The summed E-state index contributed by atoms with van der Waals surface area (Å²) in [5, 5.41) is 17.7. The number of aryl methyl sites for hydroxylation is 3. The second-order valence-electron chi connectivity index (χ2n) is 10.1. The maximum Gasteiger partial charge on any atom is 0.256 e. The van der Waals surface area contributed by atoms with Crippen LogP contribution in [-0.4, -0.2) is 29.1 Å². The molecule has 0 aromatic carbocycles. The van der Waals surface area contributed by atoms with Crippen LogP contribution in [0.15, 0.2) is 124 Å². The van der Waals surface area contributed by atoms with Crippen molar-refractivity contribution in [1.29, 1.82) is 10.5 Å². The minimum Gasteiger partial charge on any atom is -0.329 e. The van der Waals surface area contributed by atoms with Crippen LogP contribution in [0.2, 0.25) is 5.15 Å². The fraction of sp³-hybridized carbons (Fsp3) is 0.111. The standard InChI is InChI=1S/C12H13N3O.C12H9N3O.C7H5ClN2.C5H5NO.ClH/c2*1-9-6-10(8-13)7-11(14-9)15-5-3-2-4-12(15)16;1-5-2-6(4-9)3-7(8)10-5;7-5-3-1-2-4-6-5;/h2-7H,8,13H2,1H3;2-7H,1H3;2-3H,1H3;1-4H,(H,6,7);1H. The Morgan fingerprint density at radius 1 is 0.700 bits per heavy atom. The molecule has 6 rings (SSSR count). The van der Waals surface area contributed by atoms with E-state index in [0.29, 0.717) is 40.2 Å². The zero-order valence-corrected chi connectivity index (χ0v) is 28.9. The van der Waals surface area contributed by atoms with E-state index >= 15 is 0 Å². The summed E-state index contributed by atoms with van der Waals surface area (Å²) in [6.07, 6.45) is 4.93. The number of nitrogens with zero attached hydrogens (tertiary/aromatic N) is 7. The number of nitrogens with one attached hydrogen (secondary N) is 1. The van der Waals surface area contributed by atoms with Gasteiger partial charge in [0.15, 0.2) is 0 Å². The molecule has 0 fully saturated rings. The molecule has 0 radical (unpaired) electrons. The smallest absolute Gasteiger partial charge is 0.256 e. The summed E-state index contributed by atoms with van der Waals surface area (Å²) in [6.45, 7) is 5.92. The van der Waals surface area contributed by atoms with Gasteiger partial charge in [-0.25, -0.2) is 15.0 Å². The summed E-state index contributed by atoms with van der Waals surface area (Å²) in [7, 11) is 0. The molecule has 0 bridgehead atoms. The lowest BCUT2D eigenvalue weighted by Crippen LogP contribution is -2.17. The third-order valence-electron chi connectivity index (χ3n) is 6.17. The van der Waals surface area contributed by atoms with Crippen LogP contribution < -0.4 is 22.4 Å². The Bertz CT molecular complexity index is 2250. The fourth-order valence-electron chi connectivity index (χ4n) is 4.10. The van der Waals surface area contributed by atoms with Crippen LogP contribution >= 0.6 is 24.0 Å². The number of H-pyrrole nitrogens is 1. The molecule has 0 aliphatic carbocycles. The molecule has 12 nitrogen and oxygen atoms in total. The molecular weight excluding hydrogens is 677 g/mol. The van der Waals surface area contributed by atoms with Crippen molar-refractivity contribution in [2.75, 3.05) is 0 Å². The van der Waals surface area contributed by atoms with E-state index in [9.17, 15) is 14.4 Å². The molecule has 0 saturated carbocycles. The summed E-state index contributed by atoms with van der Waals surface area (Å²) >= 11 is 5.57. The Kier molecular flexibility index (Phi) is 16.2. The van der Waals surface area contributed by atoms with Gasteiger partial charge in [0.2, 0.25) is 5.56 Å². The van der Waals surface area contributed by atoms with Crippen molar-refractivity contribution in [3.8, 4) is 23.8 Å². The van der Waals surface area contributed by atoms with Gasteiger partial charge in [0.05, 0.1) is 23.3 Å². The monoisotopic (exact) mass is 709 g/mol. The molecule has 3 N–H and O–H groups in total. The number of hydrogen-bond acceptors (Lipinski definition) is 9. The largest absolute Gasteiger partial charge is 0.329 e. The molecule has 0 aliphatic heterocycles. The van der Waals surface area contributed by atoms with Gasteiger partial charge in [-0.3, -0.25) is 23.5 Å². The number of pyridine rings is 6. The van der Waals surface area contributed by atoms with Gasteiger partial charge in [0.25, 0.3) is 11.1 Å². The lowest BCUT2D eigenvalue weighted by atomic mass is 10.2. The Labute approximate surface area is 299 Å². The summed E-state index contributed by atoms with van der Waals surface area (Å²) < 4.78 is 2.92. The predicted molar refractivity (Wildman–Crippen MR) is 195 cm³/mol. The Morgan fingerprint density at radius 2 is 1.20 bits per heavy atom. The summed E-state index contributed by atoms with van der Waals surface area (Å²) in [5.41, 5.74) is 9.64. The number of halogens is 2. The van der Waals surface area contributed by atoms with E-state index in [2.05, 4.69) is 19.9 Å². The molecule has 0 unspecified atom stereocenters. The molecule has 6 aromatic heterocycles. The van der Waals surface area contributed by atoms with Crippen molar-refractivity contribution >= 4 is 24.0 Å². The molecule has 254 valence electrons. The zero-order valence-electron chi connectivity index (χ0n) is 27.3. The van der Waals surface area contributed by atoms with Gasteiger partial charge < -0.3 is 10.7 Å². The van der Waals surface area contributed by atoms with Crippen molar-refractivity contribution in [1.82, 2.24) is 29.1 Å². The molecule has 6 aromatic rings. The van der Waals surface area contributed by atoms with E-state index in [1.807, 2.05) is 31.2 Å². The van der Waals surface area contributed by atoms with Gasteiger partial charge in [-0.1, -0.05) is 29.8 Å². The van der Waals surface area contributed by atoms with Gasteiger partial charge >= 0.3 is 0 Å². The molecule has 14 heteroatoms. The van der Waals surface area contributed by atoms with Crippen LogP contribution in [0.25, 0.3) is 11.6 Å². The molecule has 0 aliphatic rings. The highest BCUT2D eigenvalue weighted by Crippen LogP contribution is 2.10. The average Bonchev–Trinajstić information content (AvgIpc) is 3.09. The zero-order chi connectivity index (χ0) is 35.8. The Balaban J connectivity index is 0.000000240. The van der Waals surface area contributed by atoms with Crippen molar-refractivity contribution in [2.45, 2.75) is 27.3 Å². The van der Waals surface area contributed by atoms with E-state index in [4.69, 9.17) is 27.9 Å². The van der Waals surface area contributed by atoms with Gasteiger partial charge in [0, 0.05) is 60.4 Å². The van der Waals surface area contributed by atoms with Crippen LogP contribution in [0.5, 0.6) is 0 Å². The first kappa shape index (κ1) is 40.0. The molecule has 0 spiro atoms. The van der Waals surface area contributed by atoms with Gasteiger partial charge in [-0.05, 0) is 80.9 Å². The van der Waals surface area contributed by atoms with Crippen LogP contribution in [-0.2, 0) is 6.54 Å². The lowest BCUT2D eigenvalue weighted by Gasteiger charge is -2.07. The first-order valence-electron chi connectivity index (χ1n) is 14.6. The van der Waals surface area contributed by atoms with E-state index in [1.54, 1.807) is 87.0 Å². The van der Waals surface area contributed by atoms with E-state index in [0.717, 1.165) is 17.0 Å². The summed E-state index contributed by atoms with van der Waals surface area (Å²) in [4.78, 5) is 48.3. The SMILES string of the molecule is Cc1cc(C#N)cc(-n2ccccc2=O)n1.Cc1cc(C#N)cc(Cl)n1.Cc1cc(CN)cc(-n2ccccc2=O)n1.Cl.O=c1cccc[nH]1. The first-order valence-corrected chi connectivity index (χ1v) is 15.0. The maximum atomic E-state index is 11.6. The van der Waals surface area contributed by atoms with Gasteiger partial charge in [-0.15, -0.1) is 12.4 Å². The predicted octanol–water partition coefficient (Wildman–Crippen LogP) is 5.12.